The number of Topliss-reactive ketones (excluding diaryl/α,β-unsaturated/α-hetero) is 1. The molecule has 0 aliphatic carbocycles. The number of fused-ring (bicyclic) bond motifs is 1. The van der Waals surface area contributed by atoms with Gasteiger partial charge in [0.1, 0.15) is 0 Å². The molecule has 0 spiro atoms. The van der Waals surface area contributed by atoms with Crippen LogP contribution in [0.1, 0.15) is 52.8 Å². The van der Waals surface area contributed by atoms with E-state index < -0.39 is 5.97 Å². The Morgan fingerprint density at radius 2 is 1.66 bits per heavy atom. The van der Waals surface area contributed by atoms with Crippen molar-refractivity contribution in [3.8, 4) is 5.69 Å². The fourth-order valence-electron chi connectivity index (χ4n) is 4.37. The van der Waals surface area contributed by atoms with Crippen molar-refractivity contribution in [1.82, 2.24) is 14.3 Å². The first kappa shape index (κ1) is 24.1. The average molecular weight is 472 g/mol. The van der Waals surface area contributed by atoms with E-state index in [0.717, 1.165) is 17.1 Å². The summed E-state index contributed by atoms with van der Waals surface area (Å²) < 4.78 is 8.54. The number of carbonyl (C=O) groups is 2. The Labute approximate surface area is 204 Å². The summed E-state index contributed by atoms with van der Waals surface area (Å²) in [5, 5.41) is 5.31. The molecular formula is C28H29N3O4. The minimum Gasteiger partial charge on any atom is -0.457 e. The van der Waals surface area contributed by atoms with Gasteiger partial charge in [0, 0.05) is 35.1 Å². The fraction of sp³-hybridized carbons (Fsp3) is 0.286. The molecule has 180 valence electrons. The lowest BCUT2D eigenvalue weighted by Crippen LogP contribution is -2.23. The van der Waals surface area contributed by atoms with Gasteiger partial charge in [-0.05, 0) is 49.6 Å². The van der Waals surface area contributed by atoms with Crippen LogP contribution in [-0.4, -0.2) is 32.7 Å². The van der Waals surface area contributed by atoms with E-state index in [-0.39, 0.29) is 24.4 Å². The smallest absolute Gasteiger partial charge is 0.312 e. The number of ether oxygens (including phenoxy) is 1. The number of benzene rings is 2. The largest absolute Gasteiger partial charge is 0.457 e. The zero-order chi connectivity index (χ0) is 25.3. The maximum atomic E-state index is 12.9. The maximum absolute atomic E-state index is 12.9. The van der Waals surface area contributed by atoms with Crippen LogP contribution in [0.5, 0.6) is 0 Å². The average Bonchev–Trinajstić information content (AvgIpc) is 3.14. The number of aryl methyl sites for hydroxylation is 2. The Hall–Kier alpha value is -4.00. The lowest BCUT2D eigenvalue weighted by atomic mass is 10.0. The molecule has 0 bridgehead atoms. The van der Waals surface area contributed by atoms with Gasteiger partial charge in [0.25, 0.3) is 5.56 Å². The van der Waals surface area contributed by atoms with Crippen molar-refractivity contribution < 1.29 is 14.3 Å². The van der Waals surface area contributed by atoms with Crippen molar-refractivity contribution in [3.63, 3.8) is 0 Å². The van der Waals surface area contributed by atoms with Crippen LogP contribution in [0.4, 0.5) is 0 Å². The molecule has 0 aliphatic rings. The Kier molecular flexibility index (Phi) is 6.69. The third kappa shape index (κ3) is 4.80. The Bertz CT molecular complexity index is 1480. The van der Waals surface area contributed by atoms with Crippen LogP contribution in [0.2, 0.25) is 0 Å². The zero-order valence-corrected chi connectivity index (χ0v) is 20.7. The van der Waals surface area contributed by atoms with Crippen molar-refractivity contribution in [2.75, 3.05) is 6.61 Å². The first-order valence-corrected chi connectivity index (χ1v) is 11.6. The van der Waals surface area contributed by atoms with E-state index in [4.69, 9.17) is 4.74 Å². The van der Waals surface area contributed by atoms with Gasteiger partial charge in [-0.3, -0.25) is 14.4 Å². The predicted octanol–water partition coefficient (Wildman–Crippen LogP) is 4.43. The molecule has 4 rings (SSSR count). The summed E-state index contributed by atoms with van der Waals surface area (Å²) in [7, 11) is 1.54. The minimum atomic E-state index is -0.576. The van der Waals surface area contributed by atoms with Gasteiger partial charge >= 0.3 is 5.97 Å². The summed E-state index contributed by atoms with van der Waals surface area (Å²) in [6, 6.07) is 17.1. The number of esters is 1. The molecule has 0 atom stereocenters. The quantitative estimate of drug-likeness (QED) is 0.294. The molecule has 7 heteroatoms. The summed E-state index contributed by atoms with van der Waals surface area (Å²) in [6.45, 7) is 7.77. The Morgan fingerprint density at radius 3 is 2.31 bits per heavy atom. The molecule has 0 unspecified atom stereocenters. The summed E-state index contributed by atoms with van der Waals surface area (Å²) >= 11 is 0. The topological polar surface area (TPSA) is 83.2 Å². The number of carbonyl (C=O) groups excluding carboxylic acids is 2. The normalized spacial score (nSPS) is 11.3. The molecule has 0 saturated heterocycles. The lowest BCUT2D eigenvalue weighted by molar-refractivity contribution is -0.141. The highest BCUT2D eigenvalue weighted by atomic mass is 16.5. The lowest BCUT2D eigenvalue weighted by Gasteiger charge is -2.12. The van der Waals surface area contributed by atoms with Crippen LogP contribution < -0.4 is 5.56 Å². The van der Waals surface area contributed by atoms with E-state index in [2.05, 4.69) is 31.1 Å². The van der Waals surface area contributed by atoms with Crippen LogP contribution in [0.15, 0.2) is 59.4 Å². The first-order valence-electron chi connectivity index (χ1n) is 11.6. The number of rotatable bonds is 7. The second-order valence-corrected chi connectivity index (χ2v) is 9.05. The predicted molar refractivity (Wildman–Crippen MR) is 135 cm³/mol. The second kappa shape index (κ2) is 9.70. The van der Waals surface area contributed by atoms with Gasteiger partial charge < -0.3 is 9.30 Å². The summed E-state index contributed by atoms with van der Waals surface area (Å²) in [5.74, 6) is -0.404. The third-order valence-corrected chi connectivity index (χ3v) is 6.26. The highest BCUT2D eigenvalue weighted by molar-refractivity contribution is 5.99. The maximum Gasteiger partial charge on any atom is 0.312 e. The van der Waals surface area contributed by atoms with Crippen molar-refractivity contribution >= 4 is 22.5 Å². The highest BCUT2D eigenvalue weighted by Gasteiger charge is 2.19. The molecule has 7 nitrogen and oxygen atoms in total. The second-order valence-electron chi connectivity index (χ2n) is 9.05. The van der Waals surface area contributed by atoms with E-state index in [1.165, 1.54) is 10.2 Å². The van der Waals surface area contributed by atoms with Gasteiger partial charge in [-0.15, -0.1) is 0 Å². The Morgan fingerprint density at radius 1 is 1.00 bits per heavy atom. The molecule has 0 radical (unpaired) electrons. The number of hydrogen-bond donors (Lipinski definition) is 0. The standard InChI is InChI=1S/C28H29N3O4/c1-17(2)20-10-12-21(13-11-20)31-18(3)14-24(19(31)4)26(32)16-35-27(33)15-25-22-8-6-7-9-23(22)28(34)30(5)29-25/h6-14,17H,15-16H2,1-5H3. The van der Waals surface area contributed by atoms with Crippen molar-refractivity contribution in [1.29, 1.82) is 0 Å². The van der Waals surface area contributed by atoms with Crippen LogP contribution in [-0.2, 0) is 23.0 Å². The van der Waals surface area contributed by atoms with Crippen LogP contribution in [0.3, 0.4) is 0 Å². The number of nitrogens with zero attached hydrogens (tertiary/aromatic N) is 3. The number of hydrogen-bond acceptors (Lipinski definition) is 5. The molecule has 2 aromatic carbocycles. The number of ketones is 1. The van der Waals surface area contributed by atoms with Crippen molar-refractivity contribution in [2.24, 2.45) is 7.05 Å². The molecule has 0 aliphatic heterocycles. The molecule has 2 aromatic heterocycles. The zero-order valence-electron chi connectivity index (χ0n) is 20.7. The minimum absolute atomic E-state index is 0.136. The Balaban J connectivity index is 1.48. The van der Waals surface area contributed by atoms with E-state index in [9.17, 15) is 14.4 Å². The van der Waals surface area contributed by atoms with Gasteiger partial charge in [0.15, 0.2) is 6.61 Å². The molecule has 35 heavy (non-hydrogen) atoms. The molecule has 2 heterocycles. The van der Waals surface area contributed by atoms with Crippen molar-refractivity contribution in [3.05, 3.63) is 93.2 Å². The van der Waals surface area contributed by atoms with Crippen LogP contribution >= 0.6 is 0 Å². The third-order valence-electron chi connectivity index (χ3n) is 6.26. The van der Waals surface area contributed by atoms with E-state index in [1.54, 1.807) is 31.3 Å². The van der Waals surface area contributed by atoms with E-state index in [0.29, 0.717) is 27.9 Å². The monoisotopic (exact) mass is 471 g/mol. The molecule has 0 fully saturated rings. The fourth-order valence-corrected chi connectivity index (χ4v) is 4.37. The van der Waals surface area contributed by atoms with Gasteiger partial charge in [-0.25, -0.2) is 4.68 Å². The van der Waals surface area contributed by atoms with E-state index in [1.807, 2.05) is 36.6 Å². The SMILES string of the molecule is Cc1cc(C(=O)COC(=O)Cc2nn(C)c(=O)c3ccccc23)c(C)n1-c1ccc(C(C)C)cc1. The summed E-state index contributed by atoms with van der Waals surface area (Å²) in [4.78, 5) is 37.8. The molecule has 0 N–H and O–H groups in total. The van der Waals surface area contributed by atoms with Gasteiger partial charge in [0.2, 0.25) is 5.78 Å². The molecule has 0 amide bonds. The molecular weight excluding hydrogens is 442 g/mol. The highest BCUT2D eigenvalue weighted by Crippen LogP contribution is 2.23. The van der Waals surface area contributed by atoms with Gasteiger partial charge in [-0.1, -0.05) is 44.2 Å². The molecule has 0 saturated carbocycles. The molecule has 4 aromatic rings. The summed E-state index contributed by atoms with van der Waals surface area (Å²) in [5.41, 5.74) is 4.68. The van der Waals surface area contributed by atoms with Crippen molar-refractivity contribution in [2.45, 2.75) is 40.0 Å². The number of aromatic nitrogens is 3. The van der Waals surface area contributed by atoms with Gasteiger partial charge in [0.05, 0.1) is 17.5 Å². The van der Waals surface area contributed by atoms with Gasteiger partial charge in [-0.2, -0.15) is 5.10 Å². The van der Waals surface area contributed by atoms with Crippen LogP contribution in [0, 0.1) is 13.8 Å². The summed E-state index contributed by atoms with van der Waals surface area (Å²) in [6.07, 6.45) is -0.136. The van der Waals surface area contributed by atoms with E-state index >= 15 is 0 Å². The van der Waals surface area contributed by atoms with Crippen LogP contribution in [0.25, 0.3) is 16.5 Å². The first-order chi connectivity index (χ1) is 16.7.